The van der Waals surface area contributed by atoms with Crippen LogP contribution in [0.3, 0.4) is 0 Å². The molecule has 0 saturated carbocycles. The lowest BCUT2D eigenvalue weighted by Gasteiger charge is -2.12. The molecule has 0 aliphatic rings. The maximum Gasteiger partial charge on any atom is 0.191 e. The summed E-state index contributed by atoms with van der Waals surface area (Å²) in [4.78, 5) is 10.9. The Labute approximate surface area is 107 Å². The highest BCUT2D eigenvalue weighted by Crippen LogP contribution is 2.16. The number of hydrogen-bond donors (Lipinski definition) is 2. The molecule has 2 N–H and O–H groups in total. The summed E-state index contributed by atoms with van der Waals surface area (Å²) in [7, 11) is 4.11. The van der Waals surface area contributed by atoms with E-state index in [0.717, 1.165) is 36.4 Å². The van der Waals surface area contributed by atoms with Gasteiger partial charge in [0.25, 0.3) is 0 Å². The number of rotatable bonds is 7. The van der Waals surface area contributed by atoms with E-state index in [1.54, 1.807) is 11.8 Å². The molecule has 5 nitrogen and oxygen atoms in total. The molecular formula is C11H21N5S. The first kappa shape index (κ1) is 14.1. The van der Waals surface area contributed by atoms with Gasteiger partial charge in [0.05, 0.1) is 0 Å². The van der Waals surface area contributed by atoms with Crippen molar-refractivity contribution in [1.29, 1.82) is 0 Å². The van der Waals surface area contributed by atoms with Gasteiger partial charge >= 0.3 is 0 Å². The smallest absolute Gasteiger partial charge is 0.191 e. The van der Waals surface area contributed by atoms with Crippen molar-refractivity contribution in [3.05, 3.63) is 6.07 Å². The summed E-state index contributed by atoms with van der Waals surface area (Å²) in [6, 6.07) is 1.94. The predicted molar refractivity (Wildman–Crippen MR) is 75.0 cm³/mol. The lowest BCUT2D eigenvalue weighted by molar-refractivity contribution is 0.425. The molecular weight excluding hydrogens is 234 g/mol. The third kappa shape index (κ3) is 5.23. The summed E-state index contributed by atoms with van der Waals surface area (Å²) in [5.74, 6) is 1.75. The predicted octanol–water partition coefficient (Wildman–Crippen LogP) is 1.60. The van der Waals surface area contributed by atoms with Crippen LogP contribution >= 0.6 is 11.8 Å². The Morgan fingerprint density at radius 1 is 1.24 bits per heavy atom. The van der Waals surface area contributed by atoms with Crippen molar-refractivity contribution in [2.24, 2.45) is 0 Å². The average Bonchev–Trinajstić information content (AvgIpc) is 2.28. The minimum absolute atomic E-state index is 0.788. The van der Waals surface area contributed by atoms with Crippen LogP contribution in [0.5, 0.6) is 0 Å². The molecule has 0 aliphatic carbocycles. The molecule has 0 aromatic carbocycles. The van der Waals surface area contributed by atoms with Crippen LogP contribution in [0, 0.1) is 0 Å². The molecule has 17 heavy (non-hydrogen) atoms. The van der Waals surface area contributed by atoms with Crippen molar-refractivity contribution in [1.82, 2.24) is 14.9 Å². The molecule has 1 aromatic rings. The highest BCUT2D eigenvalue weighted by Gasteiger charge is 2.03. The van der Waals surface area contributed by atoms with Crippen LogP contribution in [0.15, 0.2) is 11.2 Å². The molecule has 0 spiro atoms. The summed E-state index contributed by atoms with van der Waals surface area (Å²) in [6.45, 7) is 4.78. The monoisotopic (exact) mass is 255 g/mol. The van der Waals surface area contributed by atoms with Crippen LogP contribution in [0.1, 0.15) is 6.92 Å². The second-order valence-electron chi connectivity index (χ2n) is 3.89. The van der Waals surface area contributed by atoms with E-state index < -0.39 is 0 Å². The largest absolute Gasteiger partial charge is 0.370 e. The molecule has 0 bridgehead atoms. The van der Waals surface area contributed by atoms with Crippen molar-refractivity contribution in [3.8, 4) is 0 Å². The van der Waals surface area contributed by atoms with Gasteiger partial charge in [-0.15, -0.1) is 0 Å². The summed E-state index contributed by atoms with van der Waals surface area (Å²) in [5.41, 5.74) is 0. The van der Waals surface area contributed by atoms with Gasteiger partial charge in [-0.05, 0) is 27.3 Å². The lowest BCUT2D eigenvalue weighted by atomic mass is 10.5. The van der Waals surface area contributed by atoms with Crippen LogP contribution in [0.25, 0.3) is 0 Å². The Morgan fingerprint density at radius 3 is 2.41 bits per heavy atom. The molecule has 0 unspecified atom stereocenters. The molecule has 0 atom stereocenters. The lowest BCUT2D eigenvalue weighted by Crippen LogP contribution is -2.21. The van der Waals surface area contributed by atoms with E-state index in [1.165, 1.54) is 0 Å². The van der Waals surface area contributed by atoms with Crippen molar-refractivity contribution >= 4 is 23.4 Å². The van der Waals surface area contributed by atoms with Crippen LogP contribution < -0.4 is 10.6 Å². The molecule has 0 fully saturated rings. The Hall–Kier alpha value is -1.01. The number of aromatic nitrogens is 2. The average molecular weight is 255 g/mol. The van der Waals surface area contributed by atoms with Crippen LogP contribution in [0.4, 0.5) is 11.6 Å². The molecule has 1 rings (SSSR count). The molecule has 1 heterocycles. The number of nitrogens with zero attached hydrogens (tertiary/aromatic N) is 3. The molecule has 0 amide bonds. The molecule has 1 aromatic heterocycles. The van der Waals surface area contributed by atoms with E-state index in [4.69, 9.17) is 0 Å². The zero-order chi connectivity index (χ0) is 12.7. The van der Waals surface area contributed by atoms with E-state index >= 15 is 0 Å². The van der Waals surface area contributed by atoms with Crippen molar-refractivity contribution < 1.29 is 0 Å². The fourth-order valence-corrected chi connectivity index (χ4v) is 1.67. The first-order valence-electron chi connectivity index (χ1n) is 5.71. The SMILES string of the molecule is CCNc1cc(NCCN(C)C)nc(SC)n1. The van der Waals surface area contributed by atoms with E-state index in [0.29, 0.717) is 0 Å². The van der Waals surface area contributed by atoms with Crippen LogP contribution in [-0.2, 0) is 0 Å². The Bertz CT molecular complexity index is 343. The summed E-state index contributed by atoms with van der Waals surface area (Å²) in [6.07, 6.45) is 1.98. The highest BCUT2D eigenvalue weighted by atomic mass is 32.2. The Morgan fingerprint density at radius 2 is 1.88 bits per heavy atom. The third-order valence-corrected chi connectivity index (χ3v) is 2.66. The van der Waals surface area contributed by atoms with Crippen LogP contribution in [0.2, 0.25) is 0 Å². The topological polar surface area (TPSA) is 53.1 Å². The number of likely N-dealkylation sites (N-methyl/N-ethyl adjacent to an activating group) is 1. The van der Waals surface area contributed by atoms with Gasteiger partial charge in [-0.1, -0.05) is 11.8 Å². The number of hydrogen-bond acceptors (Lipinski definition) is 6. The van der Waals surface area contributed by atoms with Gasteiger partial charge in [0.2, 0.25) is 0 Å². The first-order chi connectivity index (χ1) is 8.15. The number of thioether (sulfide) groups is 1. The third-order valence-electron chi connectivity index (χ3n) is 2.11. The minimum atomic E-state index is 0.788. The van der Waals surface area contributed by atoms with Gasteiger partial charge < -0.3 is 15.5 Å². The molecule has 0 radical (unpaired) electrons. The van der Waals surface area contributed by atoms with Crippen molar-refractivity contribution in [2.75, 3.05) is 50.6 Å². The van der Waals surface area contributed by atoms with Gasteiger partial charge in [-0.3, -0.25) is 0 Å². The first-order valence-corrected chi connectivity index (χ1v) is 6.93. The standard InChI is InChI=1S/C11H21N5S/c1-5-12-9-8-10(13-6-7-16(2)3)15-11(14-9)17-4/h8H,5-7H2,1-4H3,(H2,12,13,14,15). The quantitative estimate of drug-likeness (QED) is 0.570. The Balaban J connectivity index is 2.66. The number of nitrogens with one attached hydrogen (secondary N) is 2. The zero-order valence-electron chi connectivity index (χ0n) is 10.9. The van der Waals surface area contributed by atoms with E-state index in [1.807, 2.05) is 12.3 Å². The fourth-order valence-electron chi connectivity index (χ4n) is 1.29. The fraction of sp³-hybridized carbons (Fsp3) is 0.636. The summed E-state index contributed by atoms with van der Waals surface area (Å²) >= 11 is 1.55. The van der Waals surface area contributed by atoms with E-state index in [-0.39, 0.29) is 0 Å². The molecule has 0 saturated heterocycles. The van der Waals surface area contributed by atoms with Gasteiger partial charge in [-0.2, -0.15) is 0 Å². The minimum Gasteiger partial charge on any atom is -0.370 e. The van der Waals surface area contributed by atoms with Gasteiger partial charge in [0.1, 0.15) is 11.6 Å². The summed E-state index contributed by atoms with van der Waals surface area (Å²) in [5, 5.41) is 7.30. The maximum absolute atomic E-state index is 4.41. The highest BCUT2D eigenvalue weighted by molar-refractivity contribution is 7.98. The van der Waals surface area contributed by atoms with E-state index in [2.05, 4.69) is 46.5 Å². The molecule has 0 aliphatic heterocycles. The van der Waals surface area contributed by atoms with Crippen molar-refractivity contribution in [2.45, 2.75) is 12.1 Å². The normalized spacial score (nSPS) is 10.6. The van der Waals surface area contributed by atoms with Crippen molar-refractivity contribution in [3.63, 3.8) is 0 Å². The number of anilines is 2. The zero-order valence-corrected chi connectivity index (χ0v) is 11.8. The molecule has 6 heteroatoms. The summed E-state index contributed by atoms with van der Waals surface area (Å²) < 4.78 is 0. The van der Waals surface area contributed by atoms with Gasteiger partial charge in [-0.25, -0.2) is 9.97 Å². The van der Waals surface area contributed by atoms with E-state index in [9.17, 15) is 0 Å². The van der Waals surface area contributed by atoms with Gasteiger partial charge in [0, 0.05) is 25.7 Å². The second-order valence-corrected chi connectivity index (χ2v) is 4.66. The Kier molecular flexibility index (Phi) is 6.07. The van der Waals surface area contributed by atoms with Gasteiger partial charge in [0.15, 0.2) is 5.16 Å². The maximum atomic E-state index is 4.41. The second kappa shape index (κ2) is 7.34. The molecule has 96 valence electrons. The van der Waals surface area contributed by atoms with Crippen LogP contribution in [-0.4, -0.2) is 54.9 Å².